The van der Waals surface area contributed by atoms with Crippen LogP contribution in [0.5, 0.6) is 0 Å². The van der Waals surface area contributed by atoms with Gasteiger partial charge in [0, 0.05) is 24.5 Å². The van der Waals surface area contributed by atoms with E-state index in [1.807, 2.05) is 0 Å². The van der Waals surface area contributed by atoms with Crippen molar-refractivity contribution in [1.82, 2.24) is 14.7 Å². The first-order chi connectivity index (χ1) is 14.2. The number of allylic oxidation sites excluding steroid dienone is 1. The lowest BCUT2D eigenvalue weighted by molar-refractivity contribution is -0.140. The molecule has 1 aliphatic carbocycles. The monoisotopic (exact) mass is 419 g/mol. The molecule has 8 nitrogen and oxygen atoms in total. The van der Waals surface area contributed by atoms with Crippen LogP contribution in [-0.4, -0.2) is 33.6 Å². The van der Waals surface area contributed by atoms with Gasteiger partial charge in [0.1, 0.15) is 23.2 Å². The van der Waals surface area contributed by atoms with Crippen LogP contribution in [0.4, 0.5) is 19.0 Å². The van der Waals surface area contributed by atoms with Crippen LogP contribution in [0.3, 0.4) is 0 Å². The van der Waals surface area contributed by atoms with E-state index in [2.05, 4.69) is 15.6 Å². The minimum atomic E-state index is -4.52. The van der Waals surface area contributed by atoms with Gasteiger partial charge in [0.2, 0.25) is 0 Å². The second-order valence-electron chi connectivity index (χ2n) is 7.01. The Bertz CT molecular complexity index is 1030. The van der Waals surface area contributed by atoms with E-state index >= 15 is 0 Å². The number of nitriles is 1. The van der Waals surface area contributed by atoms with Crippen LogP contribution in [0.25, 0.3) is 5.65 Å². The second kappa shape index (κ2) is 8.44. The molecule has 30 heavy (non-hydrogen) atoms. The molecule has 5 N–H and O–H groups in total. The second-order valence-corrected chi connectivity index (χ2v) is 7.01. The summed E-state index contributed by atoms with van der Waals surface area (Å²) in [5.41, 5.74) is 4.20. The highest BCUT2D eigenvalue weighted by atomic mass is 19.4. The van der Waals surface area contributed by atoms with Gasteiger partial charge in [-0.25, -0.2) is 4.98 Å². The predicted molar refractivity (Wildman–Crippen MR) is 104 cm³/mol. The lowest BCUT2D eigenvalue weighted by Crippen LogP contribution is -2.41. The topological polar surface area (TPSA) is 132 Å². The molecule has 2 heterocycles. The van der Waals surface area contributed by atoms with Gasteiger partial charge < -0.3 is 21.8 Å². The molecule has 0 spiro atoms. The van der Waals surface area contributed by atoms with Crippen LogP contribution in [0, 0.1) is 16.7 Å². The molecule has 0 unspecified atom stereocenters. The van der Waals surface area contributed by atoms with Gasteiger partial charge in [0.15, 0.2) is 5.69 Å². The number of pyridine rings is 1. The van der Waals surface area contributed by atoms with Gasteiger partial charge in [-0.05, 0) is 37.8 Å². The largest absolute Gasteiger partial charge is 0.434 e. The first-order valence-electron chi connectivity index (χ1n) is 9.26. The van der Waals surface area contributed by atoms with Crippen LogP contribution in [0.1, 0.15) is 31.4 Å². The summed E-state index contributed by atoms with van der Waals surface area (Å²) in [7, 11) is 0. The molecule has 0 bridgehead atoms. The summed E-state index contributed by atoms with van der Waals surface area (Å²) in [6.07, 6.45) is -0.169. The van der Waals surface area contributed by atoms with E-state index in [0.29, 0.717) is 31.5 Å². The number of nitrogens with one attached hydrogen (secondary N) is 3. The summed E-state index contributed by atoms with van der Waals surface area (Å²) >= 11 is 0. The van der Waals surface area contributed by atoms with Crippen molar-refractivity contribution in [3.63, 3.8) is 0 Å². The standard InChI is InChI=1S/C19H20F3N7O/c20-19(21,22)15-10-29-16(2-1-3-17(29)28-15)26-11-4-6-12(7-5-11)27-18(30)13(8-23)14(25)9-24/h1-3,8,10-12,23,26H,4-7,25H2,(H,27,30)/b14-13+,23-8?. The van der Waals surface area contributed by atoms with Crippen molar-refractivity contribution in [3.8, 4) is 6.07 Å². The smallest absolute Gasteiger partial charge is 0.389 e. The SMILES string of the molecule is N#C/C(N)=C(/C=N)C(=O)NC1CCC(Nc2cccc3nc(C(F)(F)F)cn23)CC1. The van der Waals surface area contributed by atoms with E-state index in [4.69, 9.17) is 16.4 Å². The summed E-state index contributed by atoms with van der Waals surface area (Å²) < 4.78 is 40.2. The number of carbonyl (C=O) groups is 1. The molecule has 158 valence electrons. The average Bonchev–Trinajstić information content (AvgIpc) is 3.16. The summed E-state index contributed by atoms with van der Waals surface area (Å²) in [4.78, 5) is 15.8. The van der Waals surface area contributed by atoms with Crippen molar-refractivity contribution < 1.29 is 18.0 Å². The average molecular weight is 419 g/mol. The lowest BCUT2D eigenvalue weighted by atomic mass is 9.91. The van der Waals surface area contributed by atoms with Crippen molar-refractivity contribution in [2.45, 2.75) is 43.9 Å². The third kappa shape index (κ3) is 4.53. The van der Waals surface area contributed by atoms with E-state index in [-0.39, 0.29) is 29.0 Å². The molecule has 11 heteroatoms. The summed E-state index contributed by atoms with van der Waals surface area (Å²) in [5, 5.41) is 22.1. The maximum absolute atomic E-state index is 12.9. The number of aromatic nitrogens is 2. The van der Waals surface area contributed by atoms with Gasteiger partial charge in [-0.15, -0.1) is 0 Å². The molecule has 1 saturated carbocycles. The molecule has 1 amide bonds. The zero-order valence-corrected chi connectivity index (χ0v) is 15.8. The number of hydrogen-bond donors (Lipinski definition) is 4. The maximum atomic E-state index is 12.9. The highest BCUT2D eigenvalue weighted by Gasteiger charge is 2.34. The van der Waals surface area contributed by atoms with E-state index in [9.17, 15) is 18.0 Å². The van der Waals surface area contributed by atoms with Crippen molar-refractivity contribution in [2.75, 3.05) is 5.32 Å². The third-order valence-corrected chi connectivity index (χ3v) is 5.00. The third-order valence-electron chi connectivity index (χ3n) is 5.00. The Hall–Kier alpha value is -3.55. The van der Waals surface area contributed by atoms with Crippen LogP contribution in [0.15, 0.2) is 35.7 Å². The summed E-state index contributed by atoms with van der Waals surface area (Å²) in [6.45, 7) is 0. The Morgan fingerprint density at radius 2 is 1.97 bits per heavy atom. The first-order valence-corrected chi connectivity index (χ1v) is 9.26. The number of alkyl halides is 3. The van der Waals surface area contributed by atoms with Gasteiger partial charge in [0.05, 0.1) is 5.57 Å². The number of nitrogens with two attached hydrogens (primary N) is 1. The number of hydrogen-bond acceptors (Lipinski definition) is 6. The fourth-order valence-corrected chi connectivity index (χ4v) is 3.45. The number of nitrogens with zero attached hydrogens (tertiary/aromatic N) is 3. The molecule has 1 fully saturated rings. The van der Waals surface area contributed by atoms with Crippen molar-refractivity contribution >= 4 is 23.6 Å². The molecule has 1 aliphatic rings. The number of fused-ring (bicyclic) bond motifs is 1. The minimum absolute atomic E-state index is 0.0161. The molecule has 0 aromatic carbocycles. The molecule has 0 aliphatic heterocycles. The predicted octanol–water partition coefficient (Wildman–Crippen LogP) is 2.58. The molecule has 0 saturated heterocycles. The number of carbonyl (C=O) groups excluding carboxylic acids is 1. The quantitative estimate of drug-likeness (QED) is 0.336. The van der Waals surface area contributed by atoms with E-state index in [1.165, 1.54) is 10.5 Å². The number of anilines is 1. The van der Waals surface area contributed by atoms with Crippen LogP contribution >= 0.6 is 0 Å². The van der Waals surface area contributed by atoms with Crippen LogP contribution < -0.4 is 16.4 Å². The number of halogens is 3. The summed E-state index contributed by atoms with van der Waals surface area (Å²) in [6, 6.07) is 6.36. The van der Waals surface area contributed by atoms with Crippen molar-refractivity contribution in [1.29, 1.82) is 10.7 Å². The number of amides is 1. The number of imidazole rings is 1. The van der Waals surface area contributed by atoms with Crippen molar-refractivity contribution in [2.24, 2.45) is 5.73 Å². The van der Waals surface area contributed by atoms with Gasteiger partial charge in [0.25, 0.3) is 5.91 Å². The first kappa shape index (κ1) is 21.2. The Kier molecular flexibility index (Phi) is 5.96. The summed E-state index contributed by atoms with van der Waals surface area (Å²) in [5.74, 6) is -0.0536. The fourth-order valence-electron chi connectivity index (χ4n) is 3.45. The Balaban J connectivity index is 1.63. The highest BCUT2D eigenvalue weighted by Crippen LogP contribution is 2.30. The van der Waals surface area contributed by atoms with E-state index in [0.717, 1.165) is 12.4 Å². The minimum Gasteiger partial charge on any atom is -0.389 e. The van der Waals surface area contributed by atoms with Gasteiger partial charge >= 0.3 is 6.18 Å². The number of rotatable bonds is 5. The molecular weight excluding hydrogens is 399 g/mol. The Labute approximate surface area is 170 Å². The normalized spacial score (nSPS) is 20.2. The Morgan fingerprint density at radius 1 is 1.30 bits per heavy atom. The highest BCUT2D eigenvalue weighted by molar-refractivity contribution is 6.12. The molecule has 2 aromatic rings. The van der Waals surface area contributed by atoms with Crippen molar-refractivity contribution in [3.05, 3.63) is 41.4 Å². The van der Waals surface area contributed by atoms with Gasteiger partial charge in [-0.3, -0.25) is 9.20 Å². The fraction of sp³-hybridized carbons (Fsp3) is 0.368. The Morgan fingerprint density at radius 3 is 2.57 bits per heavy atom. The maximum Gasteiger partial charge on any atom is 0.434 e. The molecule has 2 aromatic heterocycles. The van der Waals surface area contributed by atoms with E-state index < -0.39 is 17.8 Å². The van der Waals surface area contributed by atoms with Crippen LogP contribution in [-0.2, 0) is 11.0 Å². The molecule has 0 radical (unpaired) electrons. The van der Waals surface area contributed by atoms with Crippen LogP contribution in [0.2, 0.25) is 0 Å². The molecular formula is C19H20F3N7O. The van der Waals surface area contributed by atoms with Gasteiger partial charge in [-0.2, -0.15) is 18.4 Å². The van der Waals surface area contributed by atoms with E-state index in [1.54, 1.807) is 18.2 Å². The molecule has 3 rings (SSSR count). The zero-order chi connectivity index (χ0) is 21.9. The molecule has 0 atom stereocenters. The van der Waals surface area contributed by atoms with Gasteiger partial charge in [-0.1, -0.05) is 6.07 Å². The zero-order valence-electron chi connectivity index (χ0n) is 15.8. The lowest BCUT2D eigenvalue weighted by Gasteiger charge is -2.30.